The molecule has 0 fully saturated rings. The summed E-state index contributed by atoms with van der Waals surface area (Å²) in [6.45, 7) is 1.79. The summed E-state index contributed by atoms with van der Waals surface area (Å²) in [7, 11) is 1.50. The van der Waals surface area contributed by atoms with Gasteiger partial charge in [-0.15, -0.1) is 10.2 Å². The Bertz CT molecular complexity index is 960. The predicted octanol–water partition coefficient (Wildman–Crippen LogP) is 4.42. The zero-order valence-corrected chi connectivity index (χ0v) is 16.9. The summed E-state index contributed by atoms with van der Waals surface area (Å²) >= 11 is 0. The summed E-state index contributed by atoms with van der Waals surface area (Å²) in [6.07, 6.45) is 6.76. The average molecular weight is 390 g/mol. The normalized spacial score (nSPS) is 10.4. The van der Waals surface area contributed by atoms with Crippen LogP contribution in [0.15, 0.2) is 65.1 Å². The van der Waals surface area contributed by atoms with E-state index < -0.39 is 0 Å². The first-order valence-electron chi connectivity index (χ1n) is 9.50. The van der Waals surface area contributed by atoms with Gasteiger partial charge in [0, 0.05) is 24.5 Å². The van der Waals surface area contributed by atoms with Crippen LogP contribution in [0.25, 0.3) is 6.08 Å². The Morgan fingerprint density at radius 3 is 2.34 bits per heavy atom. The van der Waals surface area contributed by atoms with Gasteiger partial charge in [-0.1, -0.05) is 60.7 Å². The first-order valence-corrected chi connectivity index (χ1v) is 9.50. The molecular weight excluding hydrogens is 362 g/mol. The van der Waals surface area contributed by atoms with E-state index in [1.807, 2.05) is 60.7 Å². The minimum Gasteiger partial charge on any atom is -0.426 e. The second-order valence-corrected chi connectivity index (χ2v) is 6.25. The fourth-order valence-corrected chi connectivity index (χ4v) is 2.72. The summed E-state index contributed by atoms with van der Waals surface area (Å²) < 4.78 is 5.36. The molecule has 0 spiro atoms. The molecule has 2 aromatic carbocycles. The van der Waals surface area contributed by atoms with Crippen LogP contribution in [0.4, 0.5) is 0 Å². The highest BCUT2D eigenvalue weighted by Crippen LogP contribution is 2.12. The molecule has 0 unspecified atom stereocenters. The third-order valence-electron chi connectivity index (χ3n) is 4.13. The smallest absolute Gasteiger partial charge is 0.216 e. The molecule has 0 aliphatic heterocycles. The van der Waals surface area contributed by atoms with Gasteiger partial charge in [-0.2, -0.15) is 0 Å². The van der Waals surface area contributed by atoms with Gasteiger partial charge in [0.15, 0.2) is 0 Å². The molecule has 4 N–H and O–H groups in total. The van der Waals surface area contributed by atoms with Crippen molar-refractivity contribution in [3.63, 3.8) is 0 Å². The number of rotatable bonds is 8. The Morgan fingerprint density at radius 2 is 1.66 bits per heavy atom. The summed E-state index contributed by atoms with van der Waals surface area (Å²) in [5.74, 6) is 1.27. The number of aromatic nitrogens is 2. The van der Waals surface area contributed by atoms with Crippen molar-refractivity contribution in [2.24, 2.45) is 5.73 Å². The Kier molecular flexibility index (Phi) is 8.66. The van der Waals surface area contributed by atoms with Crippen molar-refractivity contribution >= 4 is 17.5 Å². The lowest BCUT2D eigenvalue weighted by Crippen LogP contribution is -2.14. The largest absolute Gasteiger partial charge is 0.426 e. The van der Waals surface area contributed by atoms with E-state index >= 15 is 0 Å². The maximum absolute atomic E-state index is 8.34. The fraction of sp³-hybridized carbons (Fsp3) is 0.217. The van der Waals surface area contributed by atoms with E-state index in [9.17, 15) is 0 Å². The zero-order chi connectivity index (χ0) is 21.1. The lowest BCUT2D eigenvalue weighted by atomic mass is 9.98. The van der Waals surface area contributed by atoms with E-state index in [2.05, 4.69) is 22.0 Å². The highest BCUT2D eigenvalue weighted by molar-refractivity contribution is 6.51. The van der Waals surface area contributed by atoms with Crippen LogP contribution in [-0.4, -0.2) is 28.7 Å². The Morgan fingerprint density at radius 1 is 0.966 bits per heavy atom. The van der Waals surface area contributed by atoms with Crippen LogP contribution in [-0.2, 0) is 6.42 Å². The highest BCUT2D eigenvalue weighted by Gasteiger charge is 2.10. The number of allylic oxidation sites excluding steroid dienone is 1. The van der Waals surface area contributed by atoms with E-state index in [4.69, 9.17) is 15.2 Å². The standard InChI is InChI=1S/C22H22N4O.CH5N/c1-16-25-26-20(27-16)14-7-2-4-9-17-10-8-13-19(15-17)22(24)21(23)18-11-5-3-6-12-18;1-2/h3-6,8-13,15,23-24H,2,7,14H2,1H3;2H2,1H3/b9-4+,23-21?,24-22?;. The number of unbranched alkanes of at least 4 members (excludes halogenated alkanes) is 1. The molecule has 29 heavy (non-hydrogen) atoms. The van der Waals surface area contributed by atoms with E-state index in [0.717, 1.165) is 36.0 Å². The van der Waals surface area contributed by atoms with Crippen LogP contribution in [0, 0.1) is 17.7 Å². The topological polar surface area (TPSA) is 113 Å². The number of benzene rings is 2. The Balaban J connectivity index is 0.00000145. The van der Waals surface area contributed by atoms with E-state index in [0.29, 0.717) is 11.8 Å². The van der Waals surface area contributed by atoms with E-state index in [-0.39, 0.29) is 11.4 Å². The highest BCUT2D eigenvalue weighted by atomic mass is 16.4. The molecule has 6 heteroatoms. The molecule has 0 saturated heterocycles. The molecule has 0 saturated carbocycles. The lowest BCUT2D eigenvalue weighted by molar-refractivity contribution is 0.462. The van der Waals surface area contributed by atoms with Gasteiger partial charge >= 0.3 is 0 Å². The molecule has 150 valence electrons. The molecular formula is C23H27N5O. The number of nitrogens with one attached hydrogen (secondary N) is 2. The molecule has 0 aliphatic carbocycles. The maximum Gasteiger partial charge on any atom is 0.216 e. The van der Waals surface area contributed by atoms with Crippen LogP contribution in [0.2, 0.25) is 0 Å². The van der Waals surface area contributed by atoms with Gasteiger partial charge in [-0.25, -0.2) is 0 Å². The molecule has 0 bridgehead atoms. The summed E-state index contributed by atoms with van der Waals surface area (Å²) in [6, 6.07) is 17.1. The second-order valence-electron chi connectivity index (χ2n) is 6.25. The van der Waals surface area contributed by atoms with Gasteiger partial charge in [0.05, 0.1) is 11.4 Å². The van der Waals surface area contributed by atoms with Gasteiger partial charge in [0.1, 0.15) is 0 Å². The van der Waals surface area contributed by atoms with Crippen LogP contribution in [0.1, 0.15) is 41.3 Å². The van der Waals surface area contributed by atoms with Crippen LogP contribution in [0.3, 0.4) is 0 Å². The van der Waals surface area contributed by atoms with E-state index in [1.54, 1.807) is 6.92 Å². The maximum atomic E-state index is 8.34. The number of nitrogens with two attached hydrogens (primary N) is 1. The summed E-state index contributed by atoms with van der Waals surface area (Å²) in [5.41, 5.74) is 7.47. The minimum atomic E-state index is 0.225. The van der Waals surface area contributed by atoms with E-state index in [1.165, 1.54) is 7.05 Å². The molecule has 1 aromatic heterocycles. The molecule has 0 atom stereocenters. The van der Waals surface area contributed by atoms with Gasteiger partial charge in [0.25, 0.3) is 0 Å². The molecule has 0 radical (unpaired) electrons. The third kappa shape index (κ3) is 6.62. The van der Waals surface area contributed by atoms with Crippen molar-refractivity contribution in [1.29, 1.82) is 10.8 Å². The second kappa shape index (κ2) is 11.5. The first-order chi connectivity index (χ1) is 14.1. The minimum absolute atomic E-state index is 0.225. The van der Waals surface area contributed by atoms with Crippen molar-refractivity contribution in [3.05, 3.63) is 89.1 Å². The molecule has 0 aliphatic rings. The van der Waals surface area contributed by atoms with Gasteiger partial charge in [-0.3, -0.25) is 10.8 Å². The predicted molar refractivity (Wildman–Crippen MR) is 118 cm³/mol. The number of hydrogen-bond acceptors (Lipinski definition) is 6. The third-order valence-corrected chi connectivity index (χ3v) is 4.13. The average Bonchev–Trinajstić information content (AvgIpc) is 3.19. The Hall–Kier alpha value is -3.38. The van der Waals surface area contributed by atoms with Gasteiger partial charge in [0.2, 0.25) is 11.8 Å². The molecule has 6 nitrogen and oxygen atoms in total. The van der Waals surface area contributed by atoms with Crippen LogP contribution >= 0.6 is 0 Å². The number of hydrogen-bond donors (Lipinski definition) is 3. The summed E-state index contributed by atoms with van der Waals surface area (Å²) in [4.78, 5) is 0. The van der Waals surface area contributed by atoms with Crippen molar-refractivity contribution < 1.29 is 4.42 Å². The molecule has 0 amide bonds. The van der Waals surface area contributed by atoms with Crippen molar-refractivity contribution in [3.8, 4) is 0 Å². The zero-order valence-electron chi connectivity index (χ0n) is 16.9. The van der Waals surface area contributed by atoms with Gasteiger partial charge in [-0.05, 0) is 31.5 Å². The van der Waals surface area contributed by atoms with Crippen molar-refractivity contribution in [2.75, 3.05) is 7.05 Å². The fourth-order valence-electron chi connectivity index (χ4n) is 2.72. The van der Waals surface area contributed by atoms with Crippen molar-refractivity contribution in [2.45, 2.75) is 26.2 Å². The molecule has 3 rings (SSSR count). The summed E-state index contributed by atoms with van der Waals surface area (Å²) in [5, 5.41) is 24.4. The first kappa shape index (κ1) is 21.9. The molecule has 3 aromatic rings. The number of aryl methyl sites for hydroxylation is 2. The monoisotopic (exact) mass is 389 g/mol. The Labute approximate surface area is 171 Å². The SMILES string of the molecule is CN.Cc1nnc(CCC/C=C/c2cccc(C(=N)C(=N)c3ccccc3)c2)o1. The number of nitrogens with zero attached hydrogens (tertiary/aromatic N) is 2. The molecule has 1 heterocycles. The van der Waals surface area contributed by atoms with Gasteiger partial charge < -0.3 is 10.2 Å². The quantitative estimate of drug-likeness (QED) is 0.391. The van der Waals surface area contributed by atoms with Crippen LogP contribution < -0.4 is 5.73 Å². The lowest BCUT2D eigenvalue weighted by Gasteiger charge is -2.07. The van der Waals surface area contributed by atoms with Crippen molar-refractivity contribution in [1.82, 2.24) is 10.2 Å². The van der Waals surface area contributed by atoms with Crippen LogP contribution in [0.5, 0.6) is 0 Å².